The fourth-order valence-corrected chi connectivity index (χ4v) is 3.39. The molecule has 6 rings (SSSR count). The maximum Gasteiger partial charge on any atom is 2.00 e. The Labute approximate surface area is 222 Å². The fraction of sp³-hybridized carbons (Fsp3) is 0. The molecule has 4 heterocycles. The molecule has 0 aliphatic rings. The number of nitrogens with zero attached hydrogens (tertiary/aromatic N) is 6. The largest absolute Gasteiger partial charge is 2.00 e. The maximum atomic E-state index is 8.25. The van der Waals surface area contributed by atoms with Crippen LogP contribution < -0.4 is 0 Å². The van der Waals surface area contributed by atoms with Gasteiger partial charge >= 0.3 is 20.4 Å². The first-order chi connectivity index (χ1) is 17.4. The Morgan fingerprint density at radius 1 is 0.486 bits per heavy atom. The van der Waals surface area contributed by atoms with E-state index in [9.17, 15) is 0 Å². The predicted molar refractivity (Wildman–Crippen MR) is 135 cm³/mol. The van der Waals surface area contributed by atoms with Crippen LogP contribution in [0.3, 0.4) is 0 Å². The van der Waals surface area contributed by atoms with E-state index in [4.69, 9.17) is 30.6 Å². The zero-order chi connectivity index (χ0) is 25.9. The number of pyridine rings is 4. The van der Waals surface area contributed by atoms with Crippen LogP contribution in [0.1, 0.15) is 0 Å². The van der Waals surface area contributed by atoms with E-state index in [0.717, 1.165) is 43.6 Å². The van der Waals surface area contributed by atoms with Crippen molar-refractivity contribution >= 4 is 43.6 Å². The third-order valence-corrected chi connectivity index (χ3v) is 4.71. The van der Waals surface area contributed by atoms with Gasteiger partial charge in [-0.05, 0) is 48.5 Å². The number of hydrogen-bond donors (Lipinski definition) is 0. The van der Waals surface area contributed by atoms with Gasteiger partial charge in [-0.25, -0.2) is 0 Å². The van der Waals surface area contributed by atoms with Gasteiger partial charge in [-0.15, -0.1) is 0 Å². The molecule has 2 aromatic carbocycles. The molecule has 13 heteroatoms. The van der Waals surface area contributed by atoms with E-state index in [2.05, 4.69) is 56.3 Å². The summed E-state index contributed by atoms with van der Waals surface area (Å²) in [6.45, 7) is 0. The minimum Gasteiger partial charge on any atom is -0.356 e. The molecule has 0 saturated carbocycles. The van der Waals surface area contributed by atoms with E-state index >= 15 is 0 Å². The van der Waals surface area contributed by atoms with Gasteiger partial charge in [0.15, 0.2) is 0 Å². The fourth-order valence-electron chi connectivity index (χ4n) is 3.39. The number of aromatic nitrogens is 4. The van der Waals surface area contributed by atoms with Crippen molar-refractivity contribution in [1.82, 2.24) is 19.9 Å². The Bertz CT molecular complexity index is 1410. The van der Waals surface area contributed by atoms with Crippen molar-refractivity contribution in [3.05, 3.63) is 128 Å². The molecule has 0 spiro atoms. The molecular weight excluding hydrogens is 575 g/mol. The number of rotatable bonds is 0. The summed E-state index contributed by atoms with van der Waals surface area (Å²) >= 11 is 0. The smallest absolute Gasteiger partial charge is 0.356 e. The van der Waals surface area contributed by atoms with Gasteiger partial charge in [0.1, 0.15) is 0 Å². The van der Waals surface area contributed by atoms with Crippen LogP contribution in [0.15, 0.2) is 97.6 Å². The second-order valence-electron chi connectivity index (χ2n) is 6.87. The Morgan fingerprint density at radius 3 is 1.19 bits per heavy atom. The summed E-state index contributed by atoms with van der Waals surface area (Å²) in [5.74, 6) is 0. The summed E-state index contributed by atoms with van der Waals surface area (Å²) in [6.07, 6.45) is 7.23. The van der Waals surface area contributed by atoms with E-state index in [1.54, 1.807) is 12.4 Å². The van der Waals surface area contributed by atoms with Crippen LogP contribution in [-0.4, -0.2) is 30.1 Å². The molecule has 0 bridgehead atoms. The van der Waals surface area contributed by atoms with Gasteiger partial charge in [0.05, 0.1) is 32.2 Å². The summed E-state index contributed by atoms with van der Waals surface area (Å²) in [5.41, 5.74) is 4.05. The third-order valence-electron chi connectivity index (χ3n) is 4.71. The zero-order valence-corrected chi connectivity index (χ0v) is 20.2. The van der Waals surface area contributed by atoms with Crippen LogP contribution in [-0.2, 0) is 20.4 Å². The van der Waals surface area contributed by atoms with Crippen LogP contribution in [0.5, 0.6) is 0 Å². The number of hydrogen-bond acceptors (Lipinski definition) is 10. The number of fused-ring (bicyclic) bond motifs is 6. The quantitative estimate of drug-likeness (QED) is 0.0999. The van der Waals surface area contributed by atoms with Crippen LogP contribution in [0, 0.1) is 30.6 Å². The maximum absolute atomic E-state index is 8.25. The first-order valence-electron chi connectivity index (χ1n) is 10.2. The summed E-state index contributed by atoms with van der Waals surface area (Å²) in [4.78, 5) is 33.8. The van der Waals surface area contributed by atoms with E-state index in [1.807, 2.05) is 48.8 Å². The molecule has 37 heavy (non-hydrogen) atoms. The van der Waals surface area contributed by atoms with Gasteiger partial charge in [-0.1, -0.05) is 24.3 Å². The summed E-state index contributed by atoms with van der Waals surface area (Å²) in [7, 11) is 0. The molecular formula is C24H16N6O6Pd. The average Bonchev–Trinajstić information content (AvgIpc) is 2.88. The monoisotopic (exact) mass is 590 g/mol. The molecule has 0 aliphatic carbocycles. The SMILES string of the molecule is O=[N+]([O-])[O-].O=[N+]([O-])[O-].[Pd+2].c1cnc2c(c1)ccc1ncccc12.c1cnc2c(c1)ccc1ncccc12. The normalized spacial score (nSPS) is 9.51. The average molecular weight is 591 g/mol. The molecule has 0 saturated heterocycles. The van der Waals surface area contributed by atoms with Crippen molar-refractivity contribution < 1.29 is 30.6 Å². The molecule has 6 aromatic rings. The van der Waals surface area contributed by atoms with Crippen LogP contribution in [0.4, 0.5) is 0 Å². The molecule has 0 unspecified atom stereocenters. The van der Waals surface area contributed by atoms with Crippen LogP contribution >= 0.6 is 0 Å². The van der Waals surface area contributed by atoms with Crippen molar-refractivity contribution in [1.29, 1.82) is 0 Å². The van der Waals surface area contributed by atoms with Crippen LogP contribution in [0.25, 0.3) is 43.6 Å². The standard InChI is InChI=1S/2C12H8N2.2NO3.Pd/c2*1-3-9-5-6-11-10(4-2-7-13-11)12(9)14-8-1;2*2-1(3)4;/h2*1-8H;;;/q;;2*-1;+2. The van der Waals surface area contributed by atoms with E-state index in [1.165, 1.54) is 0 Å². The Hall–Kier alpha value is -4.86. The molecule has 0 atom stereocenters. The first-order valence-corrected chi connectivity index (χ1v) is 10.2. The topological polar surface area (TPSA) is 184 Å². The van der Waals surface area contributed by atoms with Gasteiger partial charge in [0.25, 0.3) is 0 Å². The predicted octanol–water partition coefficient (Wildman–Crippen LogP) is 5.09. The van der Waals surface area contributed by atoms with E-state index < -0.39 is 10.2 Å². The summed E-state index contributed by atoms with van der Waals surface area (Å²) in [6, 6.07) is 24.2. The Balaban J connectivity index is 0.000000199. The molecule has 0 aliphatic heterocycles. The van der Waals surface area contributed by atoms with Gasteiger partial charge in [0, 0.05) is 46.3 Å². The van der Waals surface area contributed by atoms with E-state index in [-0.39, 0.29) is 20.4 Å². The van der Waals surface area contributed by atoms with Crippen LogP contribution in [0.2, 0.25) is 0 Å². The molecule has 4 aromatic heterocycles. The second-order valence-corrected chi connectivity index (χ2v) is 6.87. The summed E-state index contributed by atoms with van der Waals surface area (Å²) < 4.78 is 0. The van der Waals surface area contributed by atoms with E-state index in [0.29, 0.717) is 0 Å². The Morgan fingerprint density at radius 2 is 0.811 bits per heavy atom. The summed E-state index contributed by atoms with van der Waals surface area (Å²) in [5, 5.41) is 34.1. The molecule has 12 nitrogen and oxygen atoms in total. The van der Waals surface area contributed by atoms with Crippen molar-refractivity contribution in [2.75, 3.05) is 0 Å². The third kappa shape index (κ3) is 8.10. The molecule has 0 radical (unpaired) electrons. The van der Waals surface area contributed by atoms with Gasteiger partial charge in [-0.3, -0.25) is 19.9 Å². The second kappa shape index (κ2) is 13.9. The number of benzene rings is 2. The van der Waals surface area contributed by atoms with Crippen molar-refractivity contribution in [3.8, 4) is 0 Å². The molecule has 0 fully saturated rings. The minimum absolute atomic E-state index is 0. The molecule has 0 N–H and O–H groups in total. The van der Waals surface area contributed by atoms with Crippen molar-refractivity contribution in [3.63, 3.8) is 0 Å². The first kappa shape index (κ1) is 28.4. The van der Waals surface area contributed by atoms with Crippen molar-refractivity contribution in [2.45, 2.75) is 0 Å². The van der Waals surface area contributed by atoms with Gasteiger partial charge < -0.3 is 30.6 Å². The van der Waals surface area contributed by atoms with Crippen molar-refractivity contribution in [2.24, 2.45) is 0 Å². The Kier molecular flexibility index (Phi) is 10.6. The molecule has 188 valence electrons. The van der Waals surface area contributed by atoms with Gasteiger partial charge in [0.2, 0.25) is 0 Å². The molecule has 0 amide bonds. The minimum atomic E-state index is -1.75. The van der Waals surface area contributed by atoms with Gasteiger partial charge in [-0.2, -0.15) is 0 Å². The zero-order valence-electron chi connectivity index (χ0n) is 18.7.